The van der Waals surface area contributed by atoms with Crippen LogP contribution in [-0.4, -0.2) is 49.0 Å². The largest absolute Gasteiger partial charge is 0.478 e. The Kier molecular flexibility index (Phi) is 6.49. The van der Waals surface area contributed by atoms with Crippen LogP contribution in [0.1, 0.15) is 16.1 Å². The van der Waals surface area contributed by atoms with Gasteiger partial charge in [-0.3, -0.25) is 0 Å². The lowest BCUT2D eigenvalue weighted by atomic mass is 10.0. The standard InChI is InChI=1S/C22H23F2N3O4S/c1-13-21(14-5-4-6-16(9-14)32(30,31)26(2)3)18-10-17(22(28)29)19(24)11-20(18)27(13)12-15(23)7-8-25/h4-7,9-11H,8,12,25H2,1-3H3,(H,28,29). The molecule has 0 aliphatic rings. The van der Waals surface area contributed by atoms with Crippen LogP contribution < -0.4 is 5.73 Å². The van der Waals surface area contributed by atoms with Gasteiger partial charge in [-0.2, -0.15) is 0 Å². The Bertz CT molecular complexity index is 1340. The van der Waals surface area contributed by atoms with Gasteiger partial charge in [0.15, 0.2) is 0 Å². The number of allylic oxidation sites excluding steroid dienone is 1. The molecule has 7 nitrogen and oxygen atoms in total. The van der Waals surface area contributed by atoms with Gasteiger partial charge in [0.05, 0.1) is 22.5 Å². The molecule has 0 unspecified atom stereocenters. The molecule has 0 aliphatic carbocycles. The third-order valence-electron chi connectivity index (χ3n) is 5.19. The Hall–Kier alpha value is -3.08. The lowest BCUT2D eigenvalue weighted by Gasteiger charge is -2.13. The molecule has 32 heavy (non-hydrogen) atoms. The zero-order chi connectivity index (χ0) is 23.8. The Labute approximate surface area is 184 Å². The van der Waals surface area contributed by atoms with Crippen molar-refractivity contribution in [2.75, 3.05) is 20.6 Å². The van der Waals surface area contributed by atoms with Gasteiger partial charge in [-0.15, -0.1) is 0 Å². The molecular formula is C22H23F2N3O4S. The number of carboxylic acid groups (broad SMARTS) is 1. The Morgan fingerprint density at radius 2 is 1.94 bits per heavy atom. The monoisotopic (exact) mass is 463 g/mol. The number of halogens is 2. The van der Waals surface area contributed by atoms with E-state index in [1.165, 1.54) is 42.9 Å². The summed E-state index contributed by atoms with van der Waals surface area (Å²) in [5.41, 5.74) is 6.59. The van der Waals surface area contributed by atoms with Crippen LogP contribution in [0.15, 0.2) is 53.2 Å². The molecule has 10 heteroatoms. The minimum Gasteiger partial charge on any atom is -0.478 e. The molecule has 2 aromatic carbocycles. The van der Waals surface area contributed by atoms with Crippen LogP contribution in [-0.2, 0) is 16.6 Å². The molecule has 0 atom stereocenters. The summed E-state index contributed by atoms with van der Waals surface area (Å²) in [5.74, 6) is -2.94. The summed E-state index contributed by atoms with van der Waals surface area (Å²) in [4.78, 5) is 11.6. The van der Waals surface area contributed by atoms with Crippen molar-refractivity contribution in [2.45, 2.75) is 18.4 Å². The van der Waals surface area contributed by atoms with E-state index in [1.807, 2.05) is 0 Å². The van der Waals surface area contributed by atoms with Crippen LogP contribution in [0.3, 0.4) is 0 Å². The minimum atomic E-state index is -3.73. The Morgan fingerprint density at radius 1 is 1.25 bits per heavy atom. The molecule has 3 aromatic rings. The summed E-state index contributed by atoms with van der Waals surface area (Å²) < 4.78 is 56.6. The van der Waals surface area contributed by atoms with E-state index in [4.69, 9.17) is 5.73 Å². The van der Waals surface area contributed by atoms with Gasteiger partial charge in [0.1, 0.15) is 11.6 Å². The smallest absolute Gasteiger partial charge is 0.338 e. The van der Waals surface area contributed by atoms with Crippen LogP contribution in [0.2, 0.25) is 0 Å². The predicted molar refractivity (Wildman–Crippen MR) is 118 cm³/mol. The van der Waals surface area contributed by atoms with Crippen LogP contribution in [0.5, 0.6) is 0 Å². The maximum Gasteiger partial charge on any atom is 0.338 e. The van der Waals surface area contributed by atoms with E-state index < -0.39 is 33.2 Å². The van der Waals surface area contributed by atoms with E-state index in [-0.39, 0.29) is 23.5 Å². The fourth-order valence-corrected chi connectivity index (χ4v) is 4.54. The maximum absolute atomic E-state index is 14.5. The Balaban J connectivity index is 2.36. The van der Waals surface area contributed by atoms with Crippen molar-refractivity contribution in [1.82, 2.24) is 8.87 Å². The van der Waals surface area contributed by atoms with Crippen LogP contribution >= 0.6 is 0 Å². The number of fused-ring (bicyclic) bond motifs is 1. The number of carbonyl (C=O) groups is 1. The average molecular weight is 464 g/mol. The second-order valence-electron chi connectivity index (χ2n) is 7.40. The van der Waals surface area contributed by atoms with E-state index in [2.05, 4.69) is 0 Å². The number of aromatic carboxylic acids is 1. The highest BCUT2D eigenvalue weighted by Gasteiger charge is 2.23. The molecule has 3 rings (SSSR count). The van der Waals surface area contributed by atoms with E-state index >= 15 is 0 Å². The molecule has 3 N–H and O–H groups in total. The average Bonchev–Trinajstić information content (AvgIpc) is 2.98. The summed E-state index contributed by atoms with van der Waals surface area (Å²) in [6.07, 6.45) is 1.19. The zero-order valence-corrected chi connectivity index (χ0v) is 18.6. The van der Waals surface area contributed by atoms with Crippen molar-refractivity contribution in [3.05, 3.63) is 65.4 Å². The number of nitrogens with two attached hydrogens (primary N) is 1. The van der Waals surface area contributed by atoms with Crippen molar-refractivity contribution >= 4 is 26.9 Å². The van der Waals surface area contributed by atoms with Crippen molar-refractivity contribution in [3.8, 4) is 11.1 Å². The fraction of sp³-hybridized carbons (Fsp3) is 0.227. The summed E-state index contributed by atoms with van der Waals surface area (Å²) >= 11 is 0. The quantitative estimate of drug-likeness (QED) is 0.558. The highest BCUT2D eigenvalue weighted by Crippen LogP contribution is 2.37. The van der Waals surface area contributed by atoms with E-state index in [0.29, 0.717) is 22.2 Å². The molecule has 0 spiro atoms. The van der Waals surface area contributed by atoms with Gasteiger partial charge in [-0.05, 0) is 42.8 Å². The van der Waals surface area contributed by atoms with Crippen LogP contribution in [0.25, 0.3) is 22.0 Å². The van der Waals surface area contributed by atoms with Gasteiger partial charge >= 0.3 is 5.97 Å². The van der Waals surface area contributed by atoms with Crippen molar-refractivity contribution < 1.29 is 27.1 Å². The summed E-state index contributed by atoms with van der Waals surface area (Å²) in [6, 6.07) is 8.35. The van der Waals surface area contributed by atoms with Crippen molar-refractivity contribution in [3.63, 3.8) is 0 Å². The Morgan fingerprint density at radius 3 is 2.53 bits per heavy atom. The first-order valence-corrected chi connectivity index (χ1v) is 11.1. The van der Waals surface area contributed by atoms with Crippen LogP contribution in [0.4, 0.5) is 8.78 Å². The normalized spacial score (nSPS) is 12.7. The molecule has 0 bridgehead atoms. The van der Waals surface area contributed by atoms with E-state index in [1.54, 1.807) is 19.1 Å². The van der Waals surface area contributed by atoms with E-state index in [9.17, 15) is 27.1 Å². The maximum atomic E-state index is 14.5. The first-order valence-electron chi connectivity index (χ1n) is 9.62. The third kappa shape index (κ3) is 4.16. The SMILES string of the molecule is Cc1c(-c2cccc(S(=O)(=O)N(C)C)c2)c2cc(C(=O)O)c(F)cc2n1CC(F)=CCN. The predicted octanol–water partition coefficient (Wildman–Crippen LogP) is 3.52. The minimum absolute atomic E-state index is 0.0150. The molecular weight excluding hydrogens is 440 g/mol. The van der Waals surface area contributed by atoms with Gasteiger partial charge in [-0.1, -0.05) is 12.1 Å². The first-order chi connectivity index (χ1) is 15.0. The number of hydrogen-bond acceptors (Lipinski definition) is 4. The number of nitrogens with zero attached hydrogens (tertiary/aromatic N) is 2. The van der Waals surface area contributed by atoms with Crippen molar-refractivity contribution in [2.24, 2.45) is 5.73 Å². The number of rotatable bonds is 7. The third-order valence-corrected chi connectivity index (χ3v) is 7.00. The van der Waals surface area contributed by atoms with Gasteiger partial charge in [0, 0.05) is 37.3 Å². The van der Waals surface area contributed by atoms with Gasteiger partial charge in [0.2, 0.25) is 10.0 Å². The lowest BCUT2D eigenvalue weighted by Crippen LogP contribution is -2.22. The zero-order valence-electron chi connectivity index (χ0n) is 17.8. The summed E-state index contributed by atoms with van der Waals surface area (Å²) in [6.45, 7) is 1.43. The molecule has 0 aliphatic heterocycles. The number of aromatic nitrogens is 1. The summed E-state index contributed by atoms with van der Waals surface area (Å²) in [5, 5.41) is 9.74. The fourth-order valence-electron chi connectivity index (χ4n) is 3.60. The number of sulfonamides is 1. The molecule has 1 heterocycles. The molecule has 0 fully saturated rings. The molecule has 1 aromatic heterocycles. The number of hydrogen-bond donors (Lipinski definition) is 2. The van der Waals surface area contributed by atoms with Gasteiger partial charge in [0.25, 0.3) is 0 Å². The lowest BCUT2D eigenvalue weighted by molar-refractivity contribution is 0.0692. The number of carboxylic acids is 1. The topological polar surface area (TPSA) is 106 Å². The first kappa shape index (κ1) is 23.6. The number of benzene rings is 2. The molecule has 0 saturated heterocycles. The molecule has 0 saturated carbocycles. The van der Waals surface area contributed by atoms with Gasteiger partial charge in [-0.25, -0.2) is 26.3 Å². The molecule has 0 radical (unpaired) electrons. The molecule has 0 amide bonds. The van der Waals surface area contributed by atoms with Crippen LogP contribution in [0, 0.1) is 12.7 Å². The van der Waals surface area contributed by atoms with E-state index in [0.717, 1.165) is 10.4 Å². The van der Waals surface area contributed by atoms with Crippen molar-refractivity contribution in [1.29, 1.82) is 0 Å². The second kappa shape index (κ2) is 8.81. The second-order valence-corrected chi connectivity index (χ2v) is 9.55. The summed E-state index contributed by atoms with van der Waals surface area (Å²) in [7, 11) is -0.911. The van der Waals surface area contributed by atoms with Gasteiger partial charge < -0.3 is 15.4 Å². The molecule has 170 valence electrons. The highest BCUT2D eigenvalue weighted by molar-refractivity contribution is 7.89. The highest BCUT2D eigenvalue weighted by atomic mass is 32.2.